The Bertz CT molecular complexity index is 371. The smallest absolute Gasteiger partial charge is 0.154 e. The van der Waals surface area contributed by atoms with Gasteiger partial charge < -0.3 is 33.5 Å². The highest BCUT2D eigenvalue weighted by atomic mass is 16.6. The van der Waals surface area contributed by atoms with Crippen molar-refractivity contribution >= 4 is 0 Å². The fourth-order valence-corrected chi connectivity index (χ4v) is 3.69. The molecule has 1 unspecified atom stereocenters. The molecule has 0 aliphatic rings. The average Bonchev–Trinajstić information content (AvgIpc) is 2.86. The van der Waals surface area contributed by atoms with Gasteiger partial charge in [0.05, 0.1) is 66.1 Å². The van der Waals surface area contributed by atoms with E-state index in [9.17, 15) is 5.11 Å². The summed E-state index contributed by atoms with van der Waals surface area (Å²) >= 11 is 0. The molecule has 1 atom stereocenters. The highest BCUT2D eigenvalue weighted by Gasteiger charge is 2.04. The lowest BCUT2D eigenvalue weighted by atomic mass is 10.0. The minimum absolute atomic E-state index is 0.409. The monoisotopic (exact) mass is 506 g/mol. The fraction of sp³-hybridized carbons (Fsp3) is 1.00. The van der Waals surface area contributed by atoms with Gasteiger partial charge in [-0.15, -0.1) is 0 Å². The van der Waals surface area contributed by atoms with Gasteiger partial charge in [0.2, 0.25) is 0 Å². The van der Waals surface area contributed by atoms with E-state index < -0.39 is 6.29 Å². The largest absolute Gasteiger partial charge is 0.379 e. The third-order valence-electron chi connectivity index (χ3n) is 5.78. The van der Waals surface area contributed by atoms with E-state index in [1.54, 1.807) is 0 Å². The molecule has 7 heteroatoms. The molecule has 212 valence electrons. The van der Waals surface area contributed by atoms with Gasteiger partial charge in [-0.2, -0.15) is 0 Å². The third-order valence-corrected chi connectivity index (χ3v) is 5.78. The predicted molar refractivity (Wildman–Crippen MR) is 142 cm³/mol. The number of ether oxygens (including phenoxy) is 6. The van der Waals surface area contributed by atoms with Crippen LogP contribution in [0.5, 0.6) is 0 Å². The molecule has 0 aliphatic heterocycles. The quantitative estimate of drug-likeness (QED) is 0.0926. The summed E-state index contributed by atoms with van der Waals surface area (Å²) in [5.74, 6) is 0. The Balaban J connectivity index is 3.13. The topological polar surface area (TPSA) is 75.6 Å². The number of hydrogen-bond acceptors (Lipinski definition) is 7. The first-order chi connectivity index (χ1) is 17.3. The highest BCUT2D eigenvalue weighted by Crippen LogP contribution is 2.13. The standard InChI is InChI=1S/C28H58O7/c1-3-5-6-7-8-9-10-11-12-13-14-15-16-17-28(29)35-27-26-34-25-24-33-23-22-32-21-20-31-19-18-30-4-2/h28-29H,3-27H2,1-2H3. The number of aliphatic hydroxyl groups excluding tert-OH is 1. The lowest BCUT2D eigenvalue weighted by Gasteiger charge is -2.12. The van der Waals surface area contributed by atoms with Gasteiger partial charge in [-0.1, -0.05) is 84.0 Å². The zero-order valence-corrected chi connectivity index (χ0v) is 23.2. The van der Waals surface area contributed by atoms with E-state index in [1.807, 2.05) is 6.92 Å². The number of hydrogen-bond donors (Lipinski definition) is 1. The summed E-state index contributed by atoms with van der Waals surface area (Å²) in [5, 5.41) is 9.91. The van der Waals surface area contributed by atoms with Crippen molar-refractivity contribution in [1.29, 1.82) is 0 Å². The summed E-state index contributed by atoms with van der Waals surface area (Å²) in [4.78, 5) is 0. The van der Waals surface area contributed by atoms with Crippen LogP contribution in [0.1, 0.15) is 104 Å². The second-order valence-corrected chi connectivity index (χ2v) is 9.00. The average molecular weight is 507 g/mol. The molecule has 0 saturated carbocycles. The van der Waals surface area contributed by atoms with Crippen LogP contribution in [-0.2, 0) is 28.4 Å². The van der Waals surface area contributed by atoms with Crippen molar-refractivity contribution in [2.24, 2.45) is 0 Å². The Labute approximate surface area is 216 Å². The molecule has 0 spiro atoms. The van der Waals surface area contributed by atoms with E-state index in [0.29, 0.717) is 72.5 Å². The van der Waals surface area contributed by atoms with Crippen LogP contribution in [0.3, 0.4) is 0 Å². The molecule has 0 rings (SSSR count). The van der Waals surface area contributed by atoms with Gasteiger partial charge >= 0.3 is 0 Å². The Morgan fingerprint density at radius 1 is 0.429 bits per heavy atom. The molecule has 0 aromatic carbocycles. The summed E-state index contributed by atoms with van der Waals surface area (Å²) in [5.41, 5.74) is 0. The molecule has 1 N–H and O–H groups in total. The minimum Gasteiger partial charge on any atom is -0.379 e. The summed E-state index contributed by atoms with van der Waals surface area (Å²) in [6.07, 6.45) is 17.3. The van der Waals surface area contributed by atoms with Crippen molar-refractivity contribution in [3.05, 3.63) is 0 Å². The highest BCUT2D eigenvalue weighted by molar-refractivity contribution is 4.50. The molecule has 0 aromatic heterocycles. The van der Waals surface area contributed by atoms with Crippen LogP contribution in [0, 0.1) is 0 Å². The summed E-state index contributed by atoms with van der Waals surface area (Å²) < 4.78 is 32.3. The van der Waals surface area contributed by atoms with E-state index in [4.69, 9.17) is 28.4 Å². The normalized spacial score (nSPS) is 12.4. The van der Waals surface area contributed by atoms with Crippen molar-refractivity contribution in [3.63, 3.8) is 0 Å². The van der Waals surface area contributed by atoms with Gasteiger partial charge in [-0.3, -0.25) is 0 Å². The van der Waals surface area contributed by atoms with E-state index >= 15 is 0 Å². The molecular weight excluding hydrogens is 448 g/mol. The first-order valence-corrected chi connectivity index (χ1v) is 14.5. The molecule has 0 fully saturated rings. The summed E-state index contributed by atoms with van der Waals surface area (Å²) in [6.45, 7) is 10.3. The lowest BCUT2D eigenvalue weighted by Crippen LogP contribution is -2.17. The minimum atomic E-state index is -0.678. The Morgan fingerprint density at radius 2 is 0.771 bits per heavy atom. The van der Waals surface area contributed by atoms with E-state index in [0.717, 1.165) is 13.0 Å². The fourth-order valence-electron chi connectivity index (χ4n) is 3.69. The maximum Gasteiger partial charge on any atom is 0.154 e. The first-order valence-electron chi connectivity index (χ1n) is 14.5. The second kappa shape index (κ2) is 31.7. The zero-order chi connectivity index (χ0) is 25.5. The first kappa shape index (κ1) is 34.7. The predicted octanol–water partition coefficient (Wildman–Crippen LogP) is 5.91. The summed E-state index contributed by atoms with van der Waals surface area (Å²) in [6, 6.07) is 0. The molecule has 0 aliphatic carbocycles. The van der Waals surface area contributed by atoms with Gasteiger partial charge in [0.25, 0.3) is 0 Å². The second-order valence-electron chi connectivity index (χ2n) is 9.00. The Hall–Kier alpha value is -0.280. The Morgan fingerprint density at radius 3 is 1.17 bits per heavy atom. The van der Waals surface area contributed by atoms with Gasteiger partial charge in [-0.25, -0.2) is 0 Å². The molecule has 0 amide bonds. The lowest BCUT2D eigenvalue weighted by molar-refractivity contribution is -0.118. The maximum absolute atomic E-state index is 9.91. The molecule has 0 saturated heterocycles. The third kappa shape index (κ3) is 31.7. The summed E-state index contributed by atoms with van der Waals surface area (Å²) in [7, 11) is 0. The van der Waals surface area contributed by atoms with Crippen LogP contribution in [-0.4, -0.2) is 84.1 Å². The van der Waals surface area contributed by atoms with Crippen LogP contribution in [0.15, 0.2) is 0 Å². The van der Waals surface area contributed by atoms with Gasteiger partial charge in [0, 0.05) is 6.61 Å². The van der Waals surface area contributed by atoms with Crippen molar-refractivity contribution < 1.29 is 33.5 Å². The van der Waals surface area contributed by atoms with E-state index in [2.05, 4.69) is 6.92 Å². The molecule has 0 radical (unpaired) electrons. The molecule has 0 heterocycles. The van der Waals surface area contributed by atoms with E-state index in [-0.39, 0.29) is 0 Å². The number of aliphatic hydroxyl groups is 1. The number of rotatable bonds is 31. The molecule has 0 bridgehead atoms. The Kier molecular flexibility index (Phi) is 31.5. The van der Waals surface area contributed by atoms with Gasteiger partial charge in [0.1, 0.15) is 0 Å². The van der Waals surface area contributed by atoms with Crippen molar-refractivity contribution in [1.82, 2.24) is 0 Å². The van der Waals surface area contributed by atoms with Crippen molar-refractivity contribution in [3.8, 4) is 0 Å². The van der Waals surface area contributed by atoms with Crippen LogP contribution in [0.2, 0.25) is 0 Å². The zero-order valence-electron chi connectivity index (χ0n) is 23.2. The van der Waals surface area contributed by atoms with Crippen LogP contribution in [0.4, 0.5) is 0 Å². The molecule has 7 nitrogen and oxygen atoms in total. The van der Waals surface area contributed by atoms with Crippen LogP contribution >= 0.6 is 0 Å². The van der Waals surface area contributed by atoms with Gasteiger partial charge in [0.15, 0.2) is 6.29 Å². The van der Waals surface area contributed by atoms with Crippen LogP contribution in [0.25, 0.3) is 0 Å². The van der Waals surface area contributed by atoms with Gasteiger partial charge in [-0.05, 0) is 19.8 Å². The molecular formula is C28H58O7. The molecule has 0 aromatic rings. The maximum atomic E-state index is 9.91. The van der Waals surface area contributed by atoms with Crippen molar-refractivity contribution in [2.45, 2.75) is 110 Å². The SMILES string of the molecule is CCCCCCCCCCCCCCCC(O)OCCOCCOCCOCCOCCOCC. The van der Waals surface area contributed by atoms with E-state index in [1.165, 1.54) is 77.0 Å². The number of unbranched alkanes of at least 4 members (excludes halogenated alkanes) is 12. The van der Waals surface area contributed by atoms with Crippen LogP contribution < -0.4 is 0 Å². The molecule has 35 heavy (non-hydrogen) atoms. The van der Waals surface area contributed by atoms with Crippen molar-refractivity contribution in [2.75, 3.05) is 72.7 Å².